The number of aromatic nitrogens is 1. The highest BCUT2D eigenvalue weighted by Crippen LogP contribution is 2.33. The SMILES string of the molecule is CCOCCN(C)CCNC(=O)c1sc(N2CCc3c(ccc(O)c3C=O)C2)nc1C. The van der Waals surface area contributed by atoms with E-state index in [0.717, 1.165) is 29.3 Å². The molecule has 8 nitrogen and oxygen atoms in total. The Balaban J connectivity index is 1.59. The Bertz CT molecular complexity index is 930. The fourth-order valence-corrected chi connectivity index (χ4v) is 4.62. The van der Waals surface area contributed by atoms with Gasteiger partial charge < -0.3 is 25.0 Å². The Hall–Kier alpha value is -2.49. The molecule has 0 fully saturated rings. The lowest BCUT2D eigenvalue weighted by molar-refractivity contribution is 0.0947. The second-order valence-electron chi connectivity index (χ2n) is 7.59. The highest BCUT2D eigenvalue weighted by atomic mass is 32.1. The molecule has 2 N–H and O–H groups in total. The van der Waals surface area contributed by atoms with Gasteiger partial charge in [-0.25, -0.2) is 4.98 Å². The third kappa shape index (κ3) is 5.61. The van der Waals surface area contributed by atoms with Gasteiger partial charge in [0.15, 0.2) is 11.4 Å². The summed E-state index contributed by atoms with van der Waals surface area (Å²) in [5.74, 6) is -0.0835. The van der Waals surface area contributed by atoms with Crippen LogP contribution in [-0.4, -0.2) is 73.6 Å². The first-order valence-electron chi connectivity index (χ1n) is 10.5. The number of thiazole rings is 1. The molecule has 0 saturated heterocycles. The molecule has 168 valence electrons. The van der Waals surface area contributed by atoms with Crippen LogP contribution in [0.5, 0.6) is 5.75 Å². The molecule has 1 aromatic heterocycles. The van der Waals surface area contributed by atoms with E-state index in [4.69, 9.17) is 4.74 Å². The first kappa shape index (κ1) is 23.2. The number of ether oxygens (including phenoxy) is 1. The lowest BCUT2D eigenvalue weighted by atomic mass is 9.94. The van der Waals surface area contributed by atoms with E-state index in [2.05, 4.69) is 20.1 Å². The van der Waals surface area contributed by atoms with Crippen LogP contribution >= 0.6 is 11.3 Å². The molecule has 3 rings (SSSR count). The van der Waals surface area contributed by atoms with Gasteiger partial charge in [0.1, 0.15) is 10.6 Å². The zero-order chi connectivity index (χ0) is 22.4. The van der Waals surface area contributed by atoms with Gasteiger partial charge >= 0.3 is 0 Å². The summed E-state index contributed by atoms with van der Waals surface area (Å²) in [5.41, 5.74) is 2.98. The summed E-state index contributed by atoms with van der Waals surface area (Å²) < 4.78 is 5.35. The molecule has 31 heavy (non-hydrogen) atoms. The number of nitrogens with one attached hydrogen (secondary N) is 1. The number of likely N-dealkylation sites (N-methyl/N-ethyl adjacent to an activating group) is 1. The molecule has 2 heterocycles. The van der Waals surface area contributed by atoms with Crippen molar-refractivity contribution < 1.29 is 19.4 Å². The van der Waals surface area contributed by atoms with Crippen molar-refractivity contribution in [3.63, 3.8) is 0 Å². The average Bonchev–Trinajstić information content (AvgIpc) is 3.15. The second kappa shape index (κ2) is 10.7. The molecular formula is C22H30N4O4S. The topological polar surface area (TPSA) is 95.0 Å². The first-order valence-corrected chi connectivity index (χ1v) is 11.3. The number of phenolic OH excluding ortho intramolecular Hbond substituents is 1. The zero-order valence-electron chi connectivity index (χ0n) is 18.3. The number of aromatic hydroxyl groups is 1. The monoisotopic (exact) mass is 446 g/mol. The van der Waals surface area contributed by atoms with Crippen LogP contribution in [0.1, 0.15) is 43.8 Å². The number of amides is 1. The summed E-state index contributed by atoms with van der Waals surface area (Å²) in [6.07, 6.45) is 1.36. The molecule has 0 bridgehead atoms. The number of hydrogen-bond acceptors (Lipinski definition) is 8. The van der Waals surface area contributed by atoms with Gasteiger partial charge in [0.05, 0.1) is 17.9 Å². The van der Waals surface area contributed by atoms with E-state index in [0.29, 0.717) is 61.7 Å². The molecule has 0 atom stereocenters. The molecule has 0 aliphatic carbocycles. The van der Waals surface area contributed by atoms with Gasteiger partial charge in [0.25, 0.3) is 5.91 Å². The predicted octanol–water partition coefficient (Wildman–Crippen LogP) is 2.23. The van der Waals surface area contributed by atoms with Crippen LogP contribution in [0.3, 0.4) is 0 Å². The maximum absolute atomic E-state index is 12.7. The smallest absolute Gasteiger partial charge is 0.263 e. The molecule has 9 heteroatoms. The van der Waals surface area contributed by atoms with E-state index in [9.17, 15) is 14.7 Å². The van der Waals surface area contributed by atoms with Gasteiger partial charge in [-0.2, -0.15) is 0 Å². The number of phenols is 1. The van der Waals surface area contributed by atoms with E-state index in [1.54, 1.807) is 6.07 Å². The number of fused-ring (bicyclic) bond motifs is 1. The molecule has 0 unspecified atom stereocenters. The highest BCUT2D eigenvalue weighted by molar-refractivity contribution is 7.17. The van der Waals surface area contributed by atoms with Crippen LogP contribution in [0.25, 0.3) is 0 Å². The Morgan fingerprint density at radius 3 is 2.97 bits per heavy atom. The summed E-state index contributed by atoms with van der Waals surface area (Å²) in [6.45, 7) is 8.62. The Morgan fingerprint density at radius 1 is 1.42 bits per heavy atom. The maximum atomic E-state index is 12.7. The molecule has 0 saturated carbocycles. The molecule has 2 aromatic rings. The second-order valence-corrected chi connectivity index (χ2v) is 8.57. The van der Waals surface area contributed by atoms with Crippen LogP contribution in [0, 0.1) is 6.92 Å². The summed E-state index contributed by atoms with van der Waals surface area (Å²) in [6, 6.07) is 3.41. The van der Waals surface area contributed by atoms with Crippen molar-refractivity contribution >= 4 is 28.7 Å². The number of benzene rings is 1. The highest BCUT2D eigenvalue weighted by Gasteiger charge is 2.24. The quantitative estimate of drug-likeness (QED) is 0.427. The Morgan fingerprint density at radius 2 is 2.23 bits per heavy atom. The summed E-state index contributed by atoms with van der Waals surface area (Å²) in [5, 5.41) is 13.7. The van der Waals surface area contributed by atoms with Crippen LogP contribution < -0.4 is 10.2 Å². The number of hydrogen-bond donors (Lipinski definition) is 2. The number of aldehydes is 1. The number of carbonyl (C=O) groups is 2. The van der Waals surface area contributed by atoms with Crippen molar-refractivity contribution in [2.45, 2.75) is 26.8 Å². The van der Waals surface area contributed by atoms with E-state index >= 15 is 0 Å². The lowest BCUT2D eigenvalue weighted by Crippen LogP contribution is -2.34. The minimum atomic E-state index is -0.106. The van der Waals surface area contributed by atoms with Gasteiger partial charge in [0, 0.05) is 39.3 Å². The van der Waals surface area contributed by atoms with Crippen molar-refractivity contribution in [1.82, 2.24) is 15.2 Å². The van der Waals surface area contributed by atoms with Gasteiger partial charge in [-0.05, 0) is 44.5 Å². The minimum absolute atomic E-state index is 0.0229. The van der Waals surface area contributed by atoms with Crippen molar-refractivity contribution in [3.05, 3.63) is 39.4 Å². The normalized spacial score (nSPS) is 13.4. The number of rotatable bonds is 10. The number of anilines is 1. The van der Waals surface area contributed by atoms with Gasteiger partial charge in [-0.1, -0.05) is 17.4 Å². The zero-order valence-corrected chi connectivity index (χ0v) is 19.1. The third-order valence-corrected chi connectivity index (χ3v) is 6.62. The van der Waals surface area contributed by atoms with Gasteiger partial charge in [-0.15, -0.1) is 0 Å². The van der Waals surface area contributed by atoms with Crippen LogP contribution in [0.4, 0.5) is 5.13 Å². The van der Waals surface area contributed by atoms with Crippen molar-refractivity contribution in [2.75, 3.05) is 51.3 Å². The van der Waals surface area contributed by atoms with Gasteiger partial charge in [-0.3, -0.25) is 9.59 Å². The van der Waals surface area contributed by atoms with E-state index < -0.39 is 0 Å². The first-order chi connectivity index (χ1) is 14.9. The van der Waals surface area contributed by atoms with E-state index in [-0.39, 0.29) is 11.7 Å². The lowest BCUT2D eigenvalue weighted by Gasteiger charge is -2.29. The van der Waals surface area contributed by atoms with Crippen LogP contribution in [-0.2, 0) is 17.7 Å². The molecule has 1 aliphatic heterocycles. The average molecular weight is 447 g/mol. The number of aryl methyl sites for hydroxylation is 1. The van der Waals surface area contributed by atoms with Gasteiger partial charge in [0.2, 0.25) is 0 Å². The van der Waals surface area contributed by atoms with Crippen LogP contribution in [0.2, 0.25) is 0 Å². The van der Waals surface area contributed by atoms with E-state index in [1.165, 1.54) is 11.3 Å². The molecular weight excluding hydrogens is 416 g/mol. The molecule has 0 spiro atoms. The van der Waals surface area contributed by atoms with Crippen LogP contribution in [0.15, 0.2) is 12.1 Å². The standard InChI is InChI=1S/C22H30N4O4S/c1-4-30-12-11-25(3)10-8-23-21(29)20-15(2)24-22(31-20)26-9-7-17-16(13-26)5-6-19(28)18(17)14-27/h5-6,14,28H,4,7-13H2,1-3H3,(H,23,29). The summed E-state index contributed by atoms with van der Waals surface area (Å²) in [4.78, 5) is 33.5. The molecule has 1 aromatic carbocycles. The number of carbonyl (C=O) groups excluding carboxylic acids is 2. The summed E-state index contributed by atoms with van der Waals surface area (Å²) in [7, 11) is 2.01. The fraction of sp³-hybridized carbons (Fsp3) is 0.500. The van der Waals surface area contributed by atoms with E-state index in [1.807, 2.05) is 27.0 Å². The molecule has 0 radical (unpaired) electrons. The largest absolute Gasteiger partial charge is 0.507 e. The number of nitrogens with zero attached hydrogens (tertiary/aromatic N) is 3. The predicted molar refractivity (Wildman–Crippen MR) is 121 cm³/mol. The van der Waals surface area contributed by atoms with Crippen molar-refractivity contribution in [3.8, 4) is 5.75 Å². The fourth-order valence-electron chi connectivity index (χ4n) is 3.61. The Labute approximate surface area is 186 Å². The Kier molecular flexibility index (Phi) is 8.00. The van der Waals surface area contributed by atoms with Crippen molar-refractivity contribution in [2.24, 2.45) is 0 Å². The van der Waals surface area contributed by atoms with Crippen molar-refractivity contribution in [1.29, 1.82) is 0 Å². The molecule has 1 aliphatic rings. The summed E-state index contributed by atoms with van der Waals surface area (Å²) >= 11 is 1.39. The third-order valence-electron chi connectivity index (χ3n) is 5.40. The maximum Gasteiger partial charge on any atom is 0.263 e. The minimum Gasteiger partial charge on any atom is -0.507 e. The molecule has 1 amide bonds.